The third-order valence-electron chi connectivity index (χ3n) is 4.77. The molecule has 0 unspecified atom stereocenters. The van der Waals surface area contributed by atoms with E-state index in [1.165, 1.54) is 61.7 Å². The number of hydrogen-bond acceptors (Lipinski definition) is 9. The lowest BCUT2D eigenvalue weighted by Gasteiger charge is -2.23. The Balaban J connectivity index is 1.84. The standard InChI is InChI=1S/C22H19N5O8S/c1-35-21-12-7-16(13-20(21)27(31)32)14-23-24-22(28)15-25(17-8-10-18(11-9-17)26(29)30)36(33,34)19-5-3-2-4-6-19/h2-14H,15H2,1H3,(H,24,28)/b23-14-. The molecule has 0 aliphatic heterocycles. The molecule has 0 saturated carbocycles. The first kappa shape index (κ1) is 25.8. The molecule has 0 aliphatic rings. The number of carbonyl (C=O) groups excluding carboxylic acids is 1. The first-order valence-electron chi connectivity index (χ1n) is 10.1. The Bertz CT molecular complexity index is 1410. The first-order chi connectivity index (χ1) is 17.1. The van der Waals surface area contributed by atoms with Gasteiger partial charge in [0.05, 0.1) is 33.8 Å². The Morgan fingerprint density at radius 2 is 1.69 bits per heavy atom. The summed E-state index contributed by atoms with van der Waals surface area (Å²) in [6.07, 6.45) is 1.15. The summed E-state index contributed by atoms with van der Waals surface area (Å²) in [5.74, 6) is -0.779. The van der Waals surface area contributed by atoms with Gasteiger partial charge in [-0.15, -0.1) is 0 Å². The van der Waals surface area contributed by atoms with Crippen molar-refractivity contribution in [2.45, 2.75) is 4.90 Å². The Morgan fingerprint density at radius 3 is 2.28 bits per heavy atom. The van der Waals surface area contributed by atoms with E-state index in [1.807, 2.05) is 0 Å². The van der Waals surface area contributed by atoms with Gasteiger partial charge in [-0.2, -0.15) is 5.10 Å². The van der Waals surface area contributed by atoms with Crippen molar-refractivity contribution in [3.8, 4) is 5.75 Å². The van der Waals surface area contributed by atoms with Gasteiger partial charge in [-0.05, 0) is 36.4 Å². The van der Waals surface area contributed by atoms with Crippen molar-refractivity contribution in [3.05, 3.63) is 98.6 Å². The molecule has 1 N–H and O–H groups in total. The fourth-order valence-corrected chi connectivity index (χ4v) is 4.49. The molecule has 3 aromatic rings. The summed E-state index contributed by atoms with van der Waals surface area (Å²) in [6.45, 7) is -0.699. The van der Waals surface area contributed by atoms with E-state index in [4.69, 9.17) is 4.74 Å². The third-order valence-corrected chi connectivity index (χ3v) is 6.56. The minimum absolute atomic E-state index is 0.0226. The average Bonchev–Trinajstić information content (AvgIpc) is 2.87. The maximum atomic E-state index is 13.2. The van der Waals surface area contributed by atoms with E-state index in [0.29, 0.717) is 0 Å². The van der Waals surface area contributed by atoms with E-state index in [2.05, 4.69) is 10.5 Å². The summed E-state index contributed by atoms with van der Waals surface area (Å²) in [7, 11) is -2.93. The van der Waals surface area contributed by atoms with E-state index in [9.17, 15) is 33.4 Å². The van der Waals surface area contributed by atoms with Crippen LogP contribution < -0.4 is 14.5 Å². The molecule has 13 nitrogen and oxygen atoms in total. The van der Waals surface area contributed by atoms with Crippen LogP contribution in [0.3, 0.4) is 0 Å². The predicted molar refractivity (Wildman–Crippen MR) is 129 cm³/mol. The molecule has 0 spiro atoms. The number of nitrogens with zero attached hydrogens (tertiary/aromatic N) is 4. The van der Waals surface area contributed by atoms with Gasteiger partial charge in [0, 0.05) is 23.8 Å². The summed E-state index contributed by atoms with van der Waals surface area (Å²) in [6, 6.07) is 16.0. The van der Waals surface area contributed by atoms with Crippen molar-refractivity contribution in [2.75, 3.05) is 18.0 Å². The summed E-state index contributed by atoms with van der Waals surface area (Å²) < 4.78 is 32.2. The fraction of sp³-hybridized carbons (Fsp3) is 0.0909. The van der Waals surface area contributed by atoms with Gasteiger partial charge in [0.1, 0.15) is 6.54 Å². The zero-order valence-corrected chi connectivity index (χ0v) is 19.5. The summed E-state index contributed by atoms with van der Waals surface area (Å²) in [5.41, 5.74) is 1.93. The molecule has 14 heteroatoms. The number of methoxy groups -OCH3 is 1. The highest BCUT2D eigenvalue weighted by Crippen LogP contribution is 2.27. The number of non-ortho nitro benzene ring substituents is 1. The second-order valence-electron chi connectivity index (χ2n) is 7.08. The van der Waals surface area contributed by atoms with Gasteiger partial charge >= 0.3 is 5.69 Å². The van der Waals surface area contributed by atoms with Gasteiger partial charge in [-0.3, -0.25) is 29.3 Å². The predicted octanol–water partition coefficient (Wildman–Crippen LogP) is 2.86. The highest BCUT2D eigenvalue weighted by atomic mass is 32.2. The van der Waals surface area contributed by atoms with Crippen molar-refractivity contribution in [1.82, 2.24) is 5.43 Å². The molecule has 36 heavy (non-hydrogen) atoms. The van der Waals surface area contributed by atoms with Gasteiger partial charge in [-0.1, -0.05) is 18.2 Å². The van der Waals surface area contributed by atoms with Gasteiger partial charge in [-0.25, -0.2) is 13.8 Å². The normalized spacial score (nSPS) is 11.1. The number of nitro benzene ring substituents is 2. The van der Waals surface area contributed by atoms with Crippen molar-refractivity contribution >= 4 is 39.2 Å². The van der Waals surface area contributed by atoms with Crippen LogP contribution in [0.5, 0.6) is 5.75 Å². The van der Waals surface area contributed by atoms with Crippen molar-refractivity contribution in [1.29, 1.82) is 0 Å². The van der Waals surface area contributed by atoms with Crippen LogP contribution in [0.1, 0.15) is 5.56 Å². The maximum Gasteiger partial charge on any atom is 0.311 e. The number of amides is 1. The van der Waals surface area contributed by atoms with E-state index >= 15 is 0 Å². The number of benzene rings is 3. The number of nitrogens with one attached hydrogen (secondary N) is 1. The quantitative estimate of drug-likeness (QED) is 0.244. The summed E-state index contributed by atoms with van der Waals surface area (Å²) >= 11 is 0. The van der Waals surface area contributed by atoms with Crippen LogP contribution in [-0.2, 0) is 14.8 Å². The van der Waals surface area contributed by atoms with E-state index in [0.717, 1.165) is 22.7 Å². The molecule has 0 atom stereocenters. The molecule has 186 valence electrons. The molecule has 0 fully saturated rings. The van der Waals surface area contributed by atoms with Crippen LogP contribution in [0.25, 0.3) is 0 Å². The molecule has 0 radical (unpaired) electrons. The van der Waals surface area contributed by atoms with Crippen LogP contribution in [0.15, 0.2) is 82.8 Å². The second kappa shape index (κ2) is 11.1. The molecule has 0 saturated heterocycles. The molecule has 0 aromatic heterocycles. The van der Waals surface area contributed by atoms with Crippen LogP contribution >= 0.6 is 0 Å². The van der Waals surface area contributed by atoms with Gasteiger partial charge in [0.15, 0.2) is 5.75 Å². The molecule has 0 heterocycles. The molecule has 3 aromatic carbocycles. The zero-order valence-electron chi connectivity index (χ0n) is 18.7. The van der Waals surface area contributed by atoms with Gasteiger partial charge < -0.3 is 4.74 Å². The molecule has 0 bridgehead atoms. The van der Waals surface area contributed by atoms with Crippen molar-refractivity contribution < 1.29 is 27.8 Å². The minimum Gasteiger partial charge on any atom is -0.490 e. The number of hydrogen-bond donors (Lipinski definition) is 1. The summed E-state index contributed by atoms with van der Waals surface area (Å²) in [5, 5.41) is 25.8. The number of hydrazone groups is 1. The topological polar surface area (TPSA) is 174 Å². The number of carbonyl (C=O) groups is 1. The van der Waals surface area contributed by atoms with Crippen molar-refractivity contribution in [2.24, 2.45) is 5.10 Å². The fourth-order valence-electron chi connectivity index (χ4n) is 3.05. The highest BCUT2D eigenvalue weighted by Gasteiger charge is 2.27. The number of ether oxygens (including phenoxy) is 1. The molecule has 0 aliphatic carbocycles. The number of sulfonamides is 1. The molecule has 3 rings (SSSR count). The second-order valence-corrected chi connectivity index (χ2v) is 8.94. The van der Waals surface area contributed by atoms with E-state index in [1.54, 1.807) is 6.07 Å². The van der Waals surface area contributed by atoms with Crippen LogP contribution in [-0.4, -0.2) is 44.0 Å². The van der Waals surface area contributed by atoms with Gasteiger partial charge in [0.25, 0.3) is 21.6 Å². The first-order valence-corrected chi connectivity index (χ1v) is 11.5. The van der Waals surface area contributed by atoms with Crippen LogP contribution in [0.4, 0.5) is 17.1 Å². The third kappa shape index (κ3) is 5.98. The average molecular weight is 513 g/mol. The lowest BCUT2D eigenvalue weighted by molar-refractivity contribution is -0.385. The SMILES string of the molecule is COc1ccc(/C=N\NC(=O)CN(c2ccc([N+](=O)[O-])cc2)S(=O)(=O)c2ccccc2)cc1[N+](=O)[O-]. The monoisotopic (exact) mass is 513 g/mol. The number of nitro groups is 2. The number of rotatable bonds is 10. The van der Waals surface area contributed by atoms with Crippen LogP contribution in [0, 0.1) is 20.2 Å². The minimum atomic E-state index is -4.22. The highest BCUT2D eigenvalue weighted by molar-refractivity contribution is 7.92. The van der Waals surface area contributed by atoms with Crippen LogP contribution in [0.2, 0.25) is 0 Å². The molecular formula is C22H19N5O8S. The summed E-state index contributed by atoms with van der Waals surface area (Å²) in [4.78, 5) is 33.3. The maximum absolute atomic E-state index is 13.2. The largest absolute Gasteiger partial charge is 0.490 e. The van der Waals surface area contributed by atoms with Gasteiger partial charge in [0.2, 0.25) is 0 Å². The van der Waals surface area contributed by atoms with E-state index in [-0.39, 0.29) is 33.3 Å². The lowest BCUT2D eigenvalue weighted by Crippen LogP contribution is -2.39. The zero-order chi connectivity index (χ0) is 26.3. The van der Waals surface area contributed by atoms with E-state index < -0.39 is 32.3 Å². The molecular weight excluding hydrogens is 494 g/mol. The lowest BCUT2D eigenvalue weighted by atomic mass is 10.2. The Labute approximate surface area is 205 Å². The smallest absolute Gasteiger partial charge is 0.311 e. The number of anilines is 1. The Kier molecular flexibility index (Phi) is 7.91. The van der Waals surface area contributed by atoms with Crippen molar-refractivity contribution in [3.63, 3.8) is 0 Å². The Morgan fingerprint density at radius 1 is 1.03 bits per heavy atom. The Hall–Kier alpha value is -4.85. The molecule has 1 amide bonds.